The average Bonchev–Trinajstić information content (AvgIpc) is 2.68. The van der Waals surface area contributed by atoms with Crippen LogP contribution in [0.2, 0.25) is 18.1 Å². The minimum atomic E-state index is -1.80. The number of aliphatic hydroxyl groups excluding tert-OH is 1. The van der Waals surface area contributed by atoms with E-state index in [9.17, 15) is 5.11 Å². The lowest BCUT2D eigenvalue weighted by molar-refractivity contribution is -0.206. The first-order chi connectivity index (χ1) is 15.1. The van der Waals surface area contributed by atoms with Crippen molar-refractivity contribution >= 4 is 8.32 Å². The molecule has 3 heteroatoms. The Morgan fingerprint density at radius 3 is 2.15 bits per heavy atom. The molecule has 3 fully saturated rings. The molecule has 190 valence electrons. The lowest BCUT2D eigenvalue weighted by atomic mass is 9.39. The van der Waals surface area contributed by atoms with E-state index in [4.69, 9.17) is 4.43 Å². The smallest absolute Gasteiger partial charge is 0.192 e. The molecule has 33 heavy (non-hydrogen) atoms. The highest BCUT2D eigenvalue weighted by atomic mass is 28.4. The first-order valence-electron chi connectivity index (χ1n) is 13.9. The van der Waals surface area contributed by atoms with E-state index in [0.717, 1.165) is 25.7 Å². The van der Waals surface area contributed by atoms with Gasteiger partial charge in [-0.05, 0) is 97.1 Å². The number of hydrogen-bond acceptors (Lipinski definition) is 2. The molecule has 3 aliphatic rings. The minimum absolute atomic E-state index is 0.152. The van der Waals surface area contributed by atoms with Crippen molar-refractivity contribution in [3.05, 3.63) is 0 Å². The van der Waals surface area contributed by atoms with Crippen molar-refractivity contribution in [2.75, 3.05) is 0 Å². The molecule has 0 radical (unpaired) electrons. The van der Waals surface area contributed by atoms with Crippen LogP contribution in [0.5, 0.6) is 0 Å². The van der Waals surface area contributed by atoms with E-state index < -0.39 is 8.32 Å². The summed E-state index contributed by atoms with van der Waals surface area (Å²) >= 11 is 0. The standard InChI is InChI=1S/C30H54O2Si/c1-11-12-13-14-15-22-23(31)16-17-25-29(22,7)20-18-24-28(5,6)26(19-21-30(24,25)8)32-33(9,10)27(2,3)4/h22-26,31H,11,14-21H2,1-10H3/t22-,23-,24+,25+,26+,29+,30+/m1/s1. The summed E-state index contributed by atoms with van der Waals surface area (Å²) in [5, 5.41) is 11.3. The first kappa shape index (κ1) is 27.3. The second kappa shape index (κ2) is 9.29. The molecule has 0 bridgehead atoms. The Bertz CT molecular complexity index is 753. The molecule has 0 aromatic heterocycles. The van der Waals surface area contributed by atoms with Crippen LogP contribution in [-0.2, 0) is 4.43 Å². The predicted octanol–water partition coefficient (Wildman–Crippen LogP) is 8.20. The van der Waals surface area contributed by atoms with Gasteiger partial charge in [0.1, 0.15) is 0 Å². The molecular weight excluding hydrogens is 420 g/mol. The Morgan fingerprint density at radius 2 is 1.55 bits per heavy atom. The summed E-state index contributed by atoms with van der Waals surface area (Å²) < 4.78 is 7.11. The predicted molar refractivity (Wildman–Crippen MR) is 144 cm³/mol. The van der Waals surface area contributed by atoms with Crippen molar-refractivity contribution < 1.29 is 9.53 Å². The topological polar surface area (TPSA) is 29.5 Å². The summed E-state index contributed by atoms with van der Waals surface area (Å²) in [6.07, 6.45) is 10.3. The van der Waals surface area contributed by atoms with E-state index in [1.807, 2.05) is 0 Å². The van der Waals surface area contributed by atoms with Gasteiger partial charge in [0.2, 0.25) is 0 Å². The fraction of sp³-hybridized carbons (Fsp3) is 0.933. The van der Waals surface area contributed by atoms with Gasteiger partial charge in [0, 0.05) is 12.8 Å². The van der Waals surface area contributed by atoms with Crippen LogP contribution in [0.15, 0.2) is 0 Å². The van der Waals surface area contributed by atoms with Gasteiger partial charge in [-0.25, -0.2) is 0 Å². The first-order valence-corrected chi connectivity index (χ1v) is 16.8. The van der Waals surface area contributed by atoms with Crippen molar-refractivity contribution in [2.24, 2.45) is 34.0 Å². The quantitative estimate of drug-likeness (QED) is 0.328. The third kappa shape index (κ3) is 4.75. The van der Waals surface area contributed by atoms with E-state index in [-0.39, 0.29) is 22.0 Å². The van der Waals surface area contributed by atoms with Gasteiger partial charge in [-0.3, -0.25) is 0 Å². The number of hydrogen-bond donors (Lipinski definition) is 1. The average molecular weight is 475 g/mol. The SMILES string of the molecule is CCC#CCC[C@@H]1[C@H](O)CC[C@H]2[C@@]1(C)CC[C@H]1C(C)(C)[C@@H](O[Si](C)(C)C(C)(C)C)CC[C@]21C. The van der Waals surface area contributed by atoms with Crippen molar-refractivity contribution in [3.8, 4) is 11.8 Å². The fourth-order valence-corrected chi connectivity index (χ4v) is 9.84. The van der Waals surface area contributed by atoms with E-state index in [1.165, 1.54) is 32.1 Å². The molecule has 2 nitrogen and oxygen atoms in total. The number of rotatable bonds is 4. The zero-order valence-electron chi connectivity index (χ0n) is 23.6. The second-order valence-corrected chi connectivity index (χ2v) is 19.1. The van der Waals surface area contributed by atoms with Crippen LogP contribution >= 0.6 is 0 Å². The maximum atomic E-state index is 11.1. The van der Waals surface area contributed by atoms with Crippen molar-refractivity contribution in [2.45, 2.75) is 144 Å². The molecular formula is C30H54O2Si. The molecule has 1 N–H and O–H groups in total. The molecule has 3 saturated carbocycles. The van der Waals surface area contributed by atoms with Crippen molar-refractivity contribution in [1.29, 1.82) is 0 Å². The van der Waals surface area contributed by atoms with E-state index in [2.05, 4.69) is 80.3 Å². The van der Waals surface area contributed by atoms with Gasteiger partial charge in [0.25, 0.3) is 0 Å². The summed E-state index contributed by atoms with van der Waals surface area (Å²) in [6.45, 7) is 24.2. The molecule has 0 saturated heterocycles. The third-order valence-corrected chi connectivity index (χ3v) is 15.7. The molecule has 0 aromatic carbocycles. The maximum absolute atomic E-state index is 11.1. The van der Waals surface area contributed by atoms with Crippen molar-refractivity contribution in [3.63, 3.8) is 0 Å². The largest absolute Gasteiger partial charge is 0.413 e. The molecule has 0 unspecified atom stereocenters. The van der Waals surface area contributed by atoms with E-state index in [0.29, 0.717) is 29.3 Å². The van der Waals surface area contributed by atoms with E-state index in [1.54, 1.807) is 0 Å². The molecule has 0 aliphatic heterocycles. The maximum Gasteiger partial charge on any atom is 0.192 e. The highest BCUT2D eigenvalue weighted by Crippen LogP contribution is 2.69. The molecule has 7 atom stereocenters. The lowest BCUT2D eigenvalue weighted by Crippen LogP contribution is -2.63. The Kier molecular flexibility index (Phi) is 7.68. The summed E-state index contributed by atoms with van der Waals surface area (Å²) in [6, 6.07) is 0. The van der Waals surface area contributed by atoms with Crippen LogP contribution in [-0.4, -0.2) is 25.6 Å². The number of fused-ring (bicyclic) bond motifs is 3. The van der Waals surface area contributed by atoms with E-state index >= 15 is 0 Å². The molecule has 0 amide bonds. The Labute approximate surface area is 207 Å². The van der Waals surface area contributed by atoms with Crippen LogP contribution in [0, 0.1) is 45.8 Å². The van der Waals surface area contributed by atoms with Crippen LogP contribution < -0.4 is 0 Å². The zero-order valence-corrected chi connectivity index (χ0v) is 24.6. The molecule has 0 aromatic rings. The Balaban J connectivity index is 1.86. The second-order valence-electron chi connectivity index (χ2n) is 14.4. The van der Waals surface area contributed by atoms with Crippen LogP contribution in [0.3, 0.4) is 0 Å². The Morgan fingerprint density at radius 1 is 0.909 bits per heavy atom. The van der Waals surface area contributed by atoms with Gasteiger partial charge in [0.15, 0.2) is 8.32 Å². The molecule has 0 heterocycles. The summed E-state index contributed by atoms with van der Waals surface area (Å²) in [7, 11) is -1.80. The number of aliphatic hydroxyl groups is 1. The van der Waals surface area contributed by atoms with Crippen LogP contribution in [0.1, 0.15) is 113 Å². The molecule has 0 spiro atoms. The van der Waals surface area contributed by atoms with Gasteiger partial charge in [-0.1, -0.05) is 55.4 Å². The highest BCUT2D eigenvalue weighted by Gasteiger charge is 2.64. The normalized spacial score (nSPS) is 40.9. The monoisotopic (exact) mass is 474 g/mol. The lowest BCUT2D eigenvalue weighted by Gasteiger charge is -2.67. The van der Waals surface area contributed by atoms with Crippen molar-refractivity contribution in [1.82, 2.24) is 0 Å². The minimum Gasteiger partial charge on any atom is -0.413 e. The van der Waals surface area contributed by atoms with Crippen LogP contribution in [0.4, 0.5) is 0 Å². The van der Waals surface area contributed by atoms with Gasteiger partial charge < -0.3 is 9.53 Å². The van der Waals surface area contributed by atoms with Gasteiger partial charge in [0.05, 0.1) is 12.2 Å². The zero-order chi connectivity index (χ0) is 24.9. The highest BCUT2D eigenvalue weighted by molar-refractivity contribution is 6.74. The fourth-order valence-electron chi connectivity index (χ4n) is 8.35. The van der Waals surface area contributed by atoms with Gasteiger partial charge in [-0.15, -0.1) is 11.8 Å². The summed E-state index contributed by atoms with van der Waals surface area (Å²) in [5.74, 6) is 8.39. The summed E-state index contributed by atoms with van der Waals surface area (Å²) in [5.41, 5.74) is 0.777. The molecule has 3 aliphatic carbocycles. The van der Waals surface area contributed by atoms with Gasteiger partial charge >= 0.3 is 0 Å². The summed E-state index contributed by atoms with van der Waals surface area (Å²) in [4.78, 5) is 0. The molecule has 3 rings (SSSR count). The third-order valence-electron chi connectivity index (χ3n) is 11.2. The van der Waals surface area contributed by atoms with Gasteiger partial charge in [-0.2, -0.15) is 0 Å². The van der Waals surface area contributed by atoms with Crippen LogP contribution in [0.25, 0.3) is 0 Å². The Hall–Kier alpha value is -0.303.